The molecule has 0 radical (unpaired) electrons. The Morgan fingerprint density at radius 2 is 1.95 bits per heavy atom. The quantitative estimate of drug-likeness (QED) is 0.864. The molecule has 1 rings (SSSR count). The summed E-state index contributed by atoms with van der Waals surface area (Å²) in [6.45, 7) is 3.05. The van der Waals surface area contributed by atoms with E-state index in [1.54, 1.807) is 13.8 Å². The molecule has 0 aliphatic rings. The highest BCUT2D eigenvalue weighted by molar-refractivity contribution is 7.89. The highest BCUT2D eigenvalue weighted by Gasteiger charge is 2.29. The van der Waals surface area contributed by atoms with Gasteiger partial charge in [0.05, 0.1) is 5.02 Å². The van der Waals surface area contributed by atoms with Crippen LogP contribution in [-0.4, -0.2) is 36.9 Å². The monoisotopic (exact) mass is 339 g/mol. The van der Waals surface area contributed by atoms with E-state index in [0.717, 1.165) is 4.31 Å². The summed E-state index contributed by atoms with van der Waals surface area (Å²) < 4.78 is 25.9. The number of nitrogens with zero attached hydrogens (tertiary/aromatic N) is 1. The zero-order valence-electron chi connectivity index (χ0n) is 11.0. The van der Waals surface area contributed by atoms with E-state index in [4.69, 9.17) is 28.3 Å². The maximum atomic E-state index is 12.5. The van der Waals surface area contributed by atoms with Crippen LogP contribution in [0.3, 0.4) is 0 Å². The van der Waals surface area contributed by atoms with Crippen LogP contribution in [-0.2, 0) is 14.8 Å². The van der Waals surface area contributed by atoms with E-state index in [9.17, 15) is 13.2 Å². The lowest BCUT2D eigenvalue weighted by Crippen LogP contribution is -2.38. The lowest BCUT2D eigenvalue weighted by Gasteiger charge is -2.22. The smallest absolute Gasteiger partial charge is 0.318 e. The van der Waals surface area contributed by atoms with Crippen molar-refractivity contribution in [1.29, 1.82) is 0 Å². The van der Waals surface area contributed by atoms with Crippen molar-refractivity contribution in [2.24, 2.45) is 5.92 Å². The zero-order valence-corrected chi connectivity index (χ0v) is 13.3. The van der Waals surface area contributed by atoms with E-state index in [0.29, 0.717) is 0 Å². The van der Waals surface area contributed by atoms with Crippen LogP contribution in [0.2, 0.25) is 10.0 Å². The lowest BCUT2D eigenvalue weighted by atomic mass is 10.2. The fourth-order valence-corrected chi connectivity index (χ4v) is 3.91. The predicted octanol–water partition coefficient (Wildman–Crippen LogP) is 2.72. The Morgan fingerprint density at radius 1 is 1.35 bits per heavy atom. The van der Waals surface area contributed by atoms with E-state index in [2.05, 4.69) is 0 Å². The summed E-state index contributed by atoms with van der Waals surface area (Å²) in [5.74, 6) is -1.26. The molecule has 0 fully saturated rings. The average molecular weight is 340 g/mol. The van der Waals surface area contributed by atoms with Crippen molar-refractivity contribution in [3.8, 4) is 0 Å². The van der Waals surface area contributed by atoms with Crippen LogP contribution >= 0.6 is 23.2 Å². The van der Waals surface area contributed by atoms with Crippen LogP contribution in [0.4, 0.5) is 0 Å². The van der Waals surface area contributed by atoms with Crippen molar-refractivity contribution in [2.45, 2.75) is 18.7 Å². The van der Waals surface area contributed by atoms with Gasteiger partial charge in [0.15, 0.2) is 0 Å². The largest absolute Gasteiger partial charge is 0.480 e. The molecule has 0 aromatic heterocycles. The number of carboxylic acids is 1. The van der Waals surface area contributed by atoms with Crippen LogP contribution in [0.15, 0.2) is 23.1 Å². The van der Waals surface area contributed by atoms with Gasteiger partial charge in [-0.1, -0.05) is 37.0 Å². The fraction of sp³-hybridized carbons (Fsp3) is 0.417. The van der Waals surface area contributed by atoms with E-state index in [-0.39, 0.29) is 27.4 Å². The minimum atomic E-state index is -4.01. The highest BCUT2D eigenvalue weighted by Crippen LogP contribution is 2.28. The van der Waals surface area contributed by atoms with Crippen molar-refractivity contribution in [3.05, 3.63) is 28.2 Å². The average Bonchev–Trinajstić information content (AvgIpc) is 2.30. The van der Waals surface area contributed by atoms with Gasteiger partial charge in [-0.2, -0.15) is 4.31 Å². The molecule has 5 nitrogen and oxygen atoms in total. The summed E-state index contributed by atoms with van der Waals surface area (Å²) >= 11 is 11.7. The SMILES string of the molecule is CC(C)CN(CC(=O)O)S(=O)(=O)c1cc(Cl)ccc1Cl. The molecule has 0 atom stereocenters. The van der Waals surface area contributed by atoms with Gasteiger partial charge >= 0.3 is 5.97 Å². The van der Waals surface area contributed by atoms with E-state index >= 15 is 0 Å². The van der Waals surface area contributed by atoms with Gasteiger partial charge in [-0.25, -0.2) is 8.42 Å². The molecule has 0 saturated carbocycles. The number of rotatable bonds is 6. The maximum Gasteiger partial charge on any atom is 0.318 e. The number of sulfonamides is 1. The molecule has 0 unspecified atom stereocenters. The molecule has 112 valence electrons. The first kappa shape index (κ1) is 17.2. The summed E-state index contributed by atoms with van der Waals surface area (Å²) in [7, 11) is -4.01. The van der Waals surface area contributed by atoms with Crippen molar-refractivity contribution in [1.82, 2.24) is 4.31 Å². The van der Waals surface area contributed by atoms with E-state index in [1.165, 1.54) is 18.2 Å². The van der Waals surface area contributed by atoms with Crippen molar-refractivity contribution < 1.29 is 18.3 Å². The molecule has 0 bridgehead atoms. The zero-order chi connectivity index (χ0) is 15.5. The van der Waals surface area contributed by atoms with Crippen LogP contribution in [0, 0.1) is 5.92 Å². The molecule has 0 aliphatic heterocycles. The van der Waals surface area contributed by atoms with Crippen molar-refractivity contribution in [3.63, 3.8) is 0 Å². The highest BCUT2D eigenvalue weighted by atomic mass is 35.5. The molecule has 0 aliphatic carbocycles. The second-order valence-electron chi connectivity index (χ2n) is 4.66. The number of halogens is 2. The molecule has 8 heteroatoms. The van der Waals surface area contributed by atoms with Crippen molar-refractivity contribution in [2.75, 3.05) is 13.1 Å². The van der Waals surface area contributed by atoms with Gasteiger partial charge in [-0.3, -0.25) is 4.79 Å². The van der Waals surface area contributed by atoms with Crippen LogP contribution < -0.4 is 0 Å². The van der Waals surface area contributed by atoms with Crippen LogP contribution in [0.1, 0.15) is 13.8 Å². The standard InChI is InChI=1S/C12H15Cl2NO4S/c1-8(2)6-15(7-12(16)17)20(18,19)11-5-9(13)3-4-10(11)14/h3-5,8H,6-7H2,1-2H3,(H,16,17). The van der Waals surface area contributed by atoms with Gasteiger partial charge in [0.2, 0.25) is 10.0 Å². The first-order chi connectivity index (χ1) is 9.14. The third kappa shape index (κ3) is 4.34. The molecular weight excluding hydrogens is 325 g/mol. The van der Waals surface area contributed by atoms with Crippen LogP contribution in [0.5, 0.6) is 0 Å². The Hall–Kier alpha value is -0.820. The molecule has 0 heterocycles. The summed E-state index contributed by atoms with van der Waals surface area (Å²) in [5.41, 5.74) is 0. The van der Waals surface area contributed by atoms with E-state index < -0.39 is 22.5 Å². The Labute approximate surface area is 128 Å². The number of hydrogen-bond donors (Lipinski definition) is 1. The minimum Gasteiger partial charge on any atom is -0.480 e. The normalized spacial score (nSPS) is 12.1. The van der Waals surface area contributed by atoms with Gasteiger partial charge < -0.3 is 5.11 Å². The first-order valence-corrected chi connectivity index (χ1v) is 8.01. The third-order valence-electron chi connectivity index (χ3n) is 2.39. The molecule has 1 aromatic carbocycles. The molecule has 0 amide bonds. The number of carboxylic acid groups (broad SMARTS) is 1. The van der Waals surface area contributed by atoms with Gasteiger partial charge in [0.25, 0.3) is 0 Å². The second kappa shape index (κ2) is 6.76. The summed E-state index contributed by atoms with van der Waals surface area (Å²) in [6.07, 6.45) is 0. The first-order valence-electron chi connectivity index (χ1n) is 5.81. The summed E-state index contributed by atoms with van der Waals surface area (Å²) in [6, 6.07) is 4.05. The Bertz CT molecular complexity index is 601. The number of carbonyl (C=O) groups is 1. The molecule has 0 spiro atoms. The van der Waals surface area contributed by atoms with Crippen molar-refractivity contribution >= 4 is 39.2 Å². The second-order valence-corrected chi connectivity index (χ2v) is 7.41. The Kier molecular flexibility index (Phi) is 5.82. The lowest BCUT2D eigenvalue weighted by molar-refractivity contribution is -0.137. The molecule has 20 heavy (non-hydrogen) atoms. The van der Waals surface area contributed by atoms with Gasteiger partial charge in [-0.15, -0.1) is 0 Å². The topological polar surface area (TPSA) is 74.7 Å². The van der Waals surface area contributed by atoms with Gasteiger partial charge in [0, 0.05) is 11.6 Å². The minimum absolute atomic E-state index is 0.00791. The van der Waals surface area contributed by atoms with Gasteiger partial charge in [0.1, 0.15) is 11.4 Å². The fourth-order valence-electron chi connectivity index (χ4n) is 1.62. The predicted molar refractivity (Wildman–Crippen MR) is 77.7 cm³/mol. The number of aliphatic carboxylic acids is 1. The molecular formula is C12H15Cl2NO4S. The van der Waals surface area contributed by atoms with E-state index in [1.807, 2.05) is 0 Å². The Balaban J connectivity index is 3.28. The maximum absolute atomic E-state index is 12.5. The third-order valence-corrected chi connectivity index (χ3v) is 4.92. The number of hydrogen-bond acceptors (Lipinski definition) is 3. The number of benzene rings is 1. The van der Waals surface area contributed by atoms with Gasteiger partial charge in [-0.05, 0) is 24.1 Å². The summed E-state index contributed by atoms with van der Waals surface area (Å²) in [4.78, 5) is 10.7. The molecule has 1 N–H and O–H groups in total. The Morgan fingerprint density at radius 3 is 2.45 bits per heavy atom. The van der Waals surface area contributed by atoms with Crippen LogP contribution in [0.25, 0.3) is 0 Å². The molecule has 1 aromatic rings. The summed E-state index contributed by atoms with van der Waals surface area (Å²) in [5, 5.41) is 9.09. The molecule has 0 saturated heterocycles.